The van der Waals surface area contributed by atoms with Gasteiger partial charge in [-0.1, -0.05) is 6.42 Å². The van der Waals surface area contributed by atoms with Crippen LogP contribution in [-0.2, 0) is 10.2 Å². The summed E-state index contributed by atoms with van der Waals surface area (Å²) in [4.78, 5) is 0. The lowest BCUT2D eigenvalue weighted by Gasteiger charge is -2.21. The third-order valence-corrected chi connectivity index (χ3v) is 4.24. The zero-order valence-corrected chi connectivity index (χ0v) is 9.42. The Morgan fingerprint density at radius 2 is 2.07 bits per heavy atom. The molecule has 1 aliphatic rings. The Kier molecular flexibility index (Phi) is 3.88. The number of hydrogen-bond donors (Lipinski definition) is 2. The van der Waals surface area contributed by atoms with Gasteiger partial charge in [-0.15, -0.1) is 0 Å². The molecule has 0 saturated heterocycles. The molecule has 0 aromatic carbocycles. The van der Waals surface area contributed by atoms with Gasteiger partial charge in [-0.05, 0) is 18.8 Å². The van der Waals surface area contributed by atoms with Crippen molar-refractivity contribution in [3.8, 4) is 0 Å². The van der Waals surface area contributed by atoms with Crippen LogP contribution in [0.4, 0.5) is 0 Å². The number of aliphatic hydroxyl groups excluding tert-OH is 1. The lowest BCUT2D eigenvalue weighted by Crippen LogP contribution is -2.44. The largest absolute Gasteiger partial charge is 0.396 e. The first-order valence-corrected chi connectivity index (χ1v) is 6.22. The van der Waals surface area contributed by atoms with Gasteiger partial charge in [-0.2, -0.15) is 17.4 Å². The Hall–Kier alpha value is -0.170. The summed E-state index contributed by atoms with van der Waals surface area (Å²) in [5.41, 5.74) is 0. The van der Waals surface area contributed by atoms with Gasteiger partial charge in [0.1, 0.15) is 0 Å². The highest BCUT2D eigenvalue weighted by Gasteiger charge is 2.30. The minimum atomic E-state index is -3.35. The monoisotopic (exact) mass is 222 g/mol. The van der Waals surface area contributed by atoms with Gasteiger partial charge in [0.25, 0.3) is 10.2 Å². The standard InChI is InChI=1S/C8H18N2O3S/c1-10(2)14(12,13)9-8-5-3-4-7(8)6-11/h7-9,11H,3-6H2,1-2H3. The van der Waals surface area contributed by atoms with Crippen LogP contribution in [0, 0.1) is 5.92 Å². The van der Waals surface area contributed by atoms with E-state index in [0.717, 1.165) is 23.6 Å². The third-order valence-electron chi connectivity index (χ3n) is 2.67. The molecule has 1 fully saturated rings. The van der Waals surface area contributed by atoms with Crippen molar-refractivity contribution in [2.75, 3.05) is 20.7 Å². The number of nitrogens with one attached hydrogen (secondary N) is 1. The molecule has 0 amide bonds. The first-order valence-electron chi connectivity index (χ1n) is 4.78. The van der Waals surface area contributed by atoms with Crippen LogP contribution in [0.1, 0.15) is 19.3 Å². The molecule has 0 radical (unpaired) electrons. The quantitative estimate of drug-likeness (QED) is 0.676. The summed E-state index contributed by atoms with van der Waals surface area (Å²) in [7, 11) is -0.370. The average Bonchev–Trinajstić information content (AvgIpc) is 2.50. The van der Waals surface area contributed by atoms with E-state index in [9.17, 15) is 8.42 Å². The van der Waals surface area contributed by atoms with Crippen molar-refractivity contribution in [1.29, 1.82) is 0 Å². The molecule has 6 heteroatoms. The summed E-state index contributed by atoms with van der Waals surface area (Å²) in [5.74, 6) is 0.0738. The highest BCUT2D eigenvalue weighted by Crippen LogP contribution is 2.25. The SMILES string of the molecule is CN(C)S(=O)(=O)NC1CCCC1CO. The maximum absolute atomic E-state index is 11.5. The van der Waals surface area contributed by atoms with Crippen molar-refractivity contribution in [1.82, 2.24) is 9.03 Å². The van der Waals surface area contributed by atoms with Crippen LogP contribution in [0.5, 0.6) is 0 Å². The molecule has 14 heavy (non-hydrogen) atoms. The summed E-state index contributed by atoms with van der Waals surface area (Å²) >= 11 is 0. The smallest absolute Gasteiger partial charge is 0.279 e. The van der Waals surface area contributed by atoms with Gasteiger partial charge in [-0.3, -0.25) is 0 Å². The molecule has 0 aliphatic heterocycles. The maximum atomic E-state index is 11.5. The Morgan fingerprint density at radius 1 is 1.43 bits per heavy atom. The highest BCUT2D eigenvalue weighted by atomic mass is 32.2. The number of aliphatic hydroxyl groups is 1. The van der Waals surface area contributed by atoms with E-state index in [2.05, 4.69) is 4.72 Å². The van der Waals surface area contributed by atoms with Crippen LogP contribution in [0.25, 0.3) is 0 Å². The molecule has 0 aromatic rings. The van der Waals surface area contributed by atoms with E-state index in [0.29, 0.717) is 0 Å². The summed E-state index contributed by atoms with van der Waals surface area (Å²) in [6, 6.07) is -0.104. The Morgan fingerprint density at radius 3 is 2.57 bits per heavy atom. The van der Waals surface area contributed by atoms with Crippen LogP contribution in [0.15, 0.2) is 0 Å². The van der Waals surface area contributed by atoms with E-state index >= 15 is 0 Å². The zero-order chi connectivity index (χ0) is 10.8. The summed E-state index contributed by atoms with van der Waals surface area (Å²) in [6.07, 6.45) is 2.70. The molecule has 2 unspecified atom stereocenters. The van der Waals surface area contributed by atoms with Crippen molar-refractivity contribution in [3.63, 3.8) is 0 Å². The summed E-state index contributed by atoms with van der Waals surface area (Å²) < 4.78 is 26.7. The van der Waals surface area contributed by atoms with Crippen molar-refractivity contribution < 1.29 is 13.5 Å². The van der Waals surface area contributed by atoms with Gasteiger partial charge in [0, 0.05) is 26.7 Å². The Balaban J connectivity index is 2.60. The lowest BCUT2D eigenvalue weighted by molar-refractivity contribution is 0.213. The van der Waals surface area contributed by atoms with Crippen molar-refractivity contribution in [2.45, 2.75) is 25.3 Å². The van der Waals surface area contributed by atoms with Crippen LogP contribution in [0.2, 0.25) is 0 Å². The Labute approximate surface area is 85.3 Å². The Bertz CT molecular complexity index is 276. The van der Waals surface area contributed by atoms with Gasteiger partial charge >= 0.3 is 0 Å². The van der Waals surface area contributed by atoms with Gasteiger partial charge < -0.3 is 5.11 Å². The van der Waals surface area contributed by atoms with E-state index in [4.69, 9.17) is 5.11 Å². The van der Waals surface area contributed by atoms with Crippen LogP contribution < -0.4 is 4.72 Å². The first kappa shape index (κ1) is 11.9. The molecule has 0 heterocycles. The predicted octanol–water partition coefficient (Wildman–Crippen LogP) is -0.457. The molecule has 0 aromatic heterocycles. The number of rotatable bonds is 4. The molecule has 0 spiro atoms. The van der Waals surface area contributed by atoms with Crippen LogP contribution in [-0.4, -0.2) is 44.6 Å². The molecular weight excluding hydrogens is 204 g/mol. The molecule has 1 rings (SSSR count). The zero-order valence-electron chi connectivity index (χ0n) is 8.60. The molecular formula is C8H18N2O3S. The third kappa shape index (κ3) is 2.66. The fourth-order valence-electron chi connectivity index (χ4n) is 1.71. The molecule has 1 aliphatic carbocycles. The molecule has 2 N–H and O–H groups in total. The summed E-state index contributed by atoms with van der Waals surface area (Å²) in [6.45, 7) is 0.0562. The normalized spacial score (nSPS) is 28.6. The number of nitrogens with zero attached hydrogens (tertiary/aromatic N) is 1. The van der Waals surface area contributed by atoms with Crippen LogP contribution in [0.3, 0.4) is 0 Å². The minimum Gasteiger partial charge on any atom is -0.396 e. The van der Waals surface area contributed by atoms with Gasteiger partial charge in [-0.25, -0.2) is 0 Å². The van der Waals surface area contributed by atoms with Gasteiger partial charge in [0.15, 0.2) is 0 Å². The fraction of sp³-hybridized carbons (Fsp3) is 1.00. The van der Waals surface area contributed by atoms with E-state index in [1.54, 1.807) is 0 Å². The number of hydrogen-bond acceptors (Lipinski definition) is 3. The second kappa shape index (κ2) is 4.57. The second-order valence-corrected chi connectivity index (χ2v) is 5.80. The maximum Gasteiger partial charge on any atom is 0.279 e. The molecule has 5 nitrogen and oxygen atoms in total. The molecule has 1 saturated carbocycles. The van der Waals surface area contributed by atoms with Gasteiger partial charge in [0.2, 0.25) is 0 Å². The molecule has 2 atom stereocenters. The van der Waals surface area contributed by atoms with Crippen molar-refractivity contribution >= 4 is 10.2 Å². The topological polar surface area (TPSA) is 69.6 Å². The van der Waals surface area contributed by atoms with E-state index in [1.807, 2.05) is 0 Å². The lowest BCUT2D eigenvalue weighted by atomic mass is 10.1. The van der Waals surface area contributed by atoms with E-state index in [-0.39, 0.29) is 18.6 Å². The van der Waals surface area contributed by atoms with E-state index in [1.165, 1.54) is 14.1 Å². The minimum absolute atomic E-state index is 0.0562. The predicted molar refractivity (Wildman–Crippen MR) is 54.0 cm³/mol. The van der Waals surface area contributed by atoms with Crippen molar-refractivity contribution in [2.24, 2.45) is 5.92 Å². The van der Waals surface area contributed by atoms with E-state index < -0.39 is 10.2 Å². The average molecular weight is 222 g/mol. The second-order valence-electron chi connectivity index (χ2n) is 3.89. The first-order chi connectivity index (χ1) is 6.47. The highest BCUT2D eigenvalue weighted by molar-refractivity contribution is 7.87. The van der Waals surface area contributed by atoms with Crippen molar-refractivity contribution in [3.05, 3.63) is 0 Å². The molecule has 0 bridgehead atoms. The fourth-order valence-corrected chi connectivity index (χ4v) is 2.61. The molecule has 84 valence electrons. The van der Waals surface area contributed by atoms with Gasteiger partial charge in [0.05, 0.1) is 0 Å². The summed E-state index contributed by atoms with van der Waals surface area (Å²) in [5, 5.41) is 9.02. The van der Waals surface area contributed by atoms with Crippen LogP contribution >= 0.6 is 0 Å².